The van der Waals surface area contributed by atoms with Crippen molar-refractivity contribution in [3.8, 4) is 0 Å². The third-order valence-corrected chi connectivity index (χ3v) is 3.08. The highest BCUT2D eigenvalue weighted by atomic mass is 19.1. The summed E-state index contributed by atoms with van der Waals surface area (Å²) in [7, 11) is 0. The van der Waals surface area contributed by atoms with Gasteiger partial charge in [0, 0.05) is 12.7 Å². The molecule has 0 bridgehead atoms. The highest BCUT2D eigenvalue weighted by molar-refractivity contribution is 5.96. The second kappa shape index (κ2) is 5.32. The molecule has 0 radical (unpaired) electrons. The molecule has 1 aromatic carbocycles. The molecule has 0 aliphatic heterocycles. The number of carbonyl (C=O) groups excluding carboxylic acids is 1. The summed E-state index contributed by atoms with van der Waals surface area (Å²) in [5.41, 5.74) is 2.59. The summed E-state index contributed by atoms with van der Waals surface area (Å²) in [5.74, 6) is 0.219. The van der Waals surface area contributed by atoms with Crippen LogP contribution in [-0.2, 0) is 6.54 Å². The Labute approximate surface area is 120 Å². The van der Waals surface area contributed by atoms with Gasteiger partial charge < -0.3 is 10.3 Å². The summed E-state index contributed by atoms with van der Waals surface area (Å²) < 4.78 is 12.8. The van der Waals surface area contributed by atoms with E-state index in [0.29, 0.717) is 17.8 Å². The first-order valence-corrected chi connectivity index (χ1v) is 6.47. The number of aryl methyl sites for hydroxylation is 1. The predicted octanol–water partition coefficient (Wildman–Crippen LogP) is 2.34. The monoisotopic (exact) mass is 284 g/mol. The Morgan fingerprint density at radius 1 is 1.33 bits per heavy atom. The molecule has 0 aliphatic rings. The van der Waals surface area contributed by atoms with E-state index in [1.54, 1.807) is 18.2 Å². The van der Waals surface area contributed by atoms with Crippen molar-refractivity contribution in [1.29, 1.82) is 0 Å². The molecule has 21 heavy (non-hydrogen) atoms. The Kier molecular flexibility index (Phi) is 3.35. The van der Waals surface area contributed by atoms with Crippen LogP contribution in [-0.4, -0.2) is 20.9 Å². The van der Waals surface area contributed by atoms with E-state index >= 15 is 0 Å². The van der Waals surface area contributed by atoms with Gasteiger partial charge in [-0.2, -0.15) is 0 Å². The van der Waals surface area contributed by atoms with Crippen LogP contribution < -0.4 is 5.32 Å². The summed E-state index contributed by atoms with van der Waals surface area (Å²) in [6, 6.07) is 7.71. The van der Waals surface area contributed by atoms with Crippen LogP contribution in [0.25, 0.3) is 11.2 Å². The lowest BCUT2D eigenvalue weighted by Gasteiger charge is -2.05. The first-order chi connectivity index (χ1) is 10.1. The van der Waals surface area contributed by atoms with E-state index in [0.717, 1.165) is 16.9 Å². The van der Waals surface area contributed by atoms with Gasteiger partial charge in [-0.05, 0) is 30.7 Å². The van der Waals surface area contributed by atoms with Crippen molar-refractivity contribution in [3.05, 3.63) is 59.3 Å². The van der Waals surface area contributed by atoms with Gasteiger partial charge in [0.25, 0.3) is 5.91 Å². The normalized spacial score (nSPS) is 10.8. The Morgan fingerprint density at radius 3 is 2.86 bits per heavy atom. The lowest BCUT2D eigenvalue weighted by atomic mass is 10.2. The minimum Gasteiger partial charge on any atom is -0.348 e. The Hall–Kier alpha value is -2.76. The molecule has 0 fully saturated rings. The summed E-state index contributed by atoms with van der Waals surface area (Å²) in [6.07, 6.45) is 1.49. The summed E-state index contributed by atoms with van der Waals surface area (Å²) in [6.45, 7) is 2.16. The molecular formula is C15H13FN4O. The third-order valence-electron chi connectivity index (χ3n) is 3.08. The number of halogens is 1. The van der Waals surface area contributed by atoms with Gasteiger partial charge in [-0.25, -0.2) is 14.4 Å². The van der Waals surface area contributed by atoms with Crippen molar-refractivity contribution >= 4 is 17.1 Å². The first kappa shape index (κ1) is 13.2. The first-order valence-electron chi connectivity index (χ1n) is 6.47. The quantitative estimate of drug-likeness (QED) is 0.775. The van der Waals surface area contributed by atoms with Crippen LogP contribution in [0, 0.1) is 12.7 Å². The fourth-order valence-electron chi connectivity index (χ4n) is 2.03. The molecule has 3 aromatic rings. The number of rotatable bonds is 3. The van der Waals surface area contributed by atoms with Gasteiger partial charge in [-0.1, -0.05) is 12.1 Å². The second-order valence-electron chi connectivity index (χ2n) is 4.73. The van der Waals surface area contributed by atoms with Crippen LogP contribution in [0.5, 0.6) is 0 Å². The number of aromatic nitrogens is 3. The summed E-state index contributed by atoms with van der Waals surface area (Å²) in [4.78, 5) is 23.4. The topological polar surface area (TPSA) is 70.7 Å². The molecule has 2 aromatic heterocycles. The van der Waals surface area contributed by atoms with E-state index in [1.807, 2.05) is 6.92 Å². The van der Waals surface area contributed by atoms with Crippen molar-refractivity contribution in [1.82, 2.24) is 20.3 Å². The van der Waals surface area contributed by atoms with E-state index in [9.17, 15) is 9.18 Å². The van der Waals surface area contributed by atoms with Gasteiger partial charge in [0.2, 0.25) is 0 Å². The molecule has 1 amide bonds. The van der Waals surface area contributed by atoms with Gasteiger partial charge in [0.05, 0.1) is 11.1 Å². The molecule has 6 heteroatoms. The molecular weight excluding hydrogens is 271 g/mol. The van der Waals surface area contributed by atoms with Crippen molar-refractivity contribution in [2.24, 2.45) is 0 Å². The van der Waals surface area contributed by atoms with Crippen molar-refractivity contribution in [2.75, 3.05) is 0 Å². The van der Waals surface area contributed by atoms with E-state index in [2.05, 4.69) is 20.3 Å². The fraction of sp³-hybridized carbons (Fsp3) is 0.133. The highest BCUT2D eigenvalue weighted by Gasteiger charge is 2.09. The standard InChI is InChI=1S/C15H13FN4O/c1-9-19-13-6-11(8-17-14(13)20-9)15(21)18-7-10-2-4-12(16)5-3-10/h2-6,8H,7H2,1H3,(H,18,21)(H,17,19,20). The predicted molar refractivity (Wildman–Crippen MR) is 76.2 cm³/mol. The molecule has 2 N–H and O–H groups in total. The number of hydrogen-bond acceptors (Lipinski definition) is 3. The van der Waals surface area contributed by atoms with Crippen LogP contribution in [0.1, 0.15) is 21.7 Å². The third kappa shape index (κ3) is 2.89. The Balaban J connectivity index is 1.72. The zero-order valence-corrected chi connectivity index (χ0v) is 11.4. The molecule has 0 unspecified atom stereocenters. The van der Waals surface area contributed by atoms with Crippen LogP contribution in [0.2, 0.25) is 0 Å². The molecule has 106 valence electrons. The van der Waals surface area contributed by atoms with Crippen LogP contribution in [0.3, 0.4) is 0 Å². The van der Waals surface area contributed by atoms with Gasteiger partial charge in [-0.15, -0.1) is 0 Å². The average molecular weight is 284 g/mol. The minimum atomic E-state index is -0.297. The summed E-state index contributed by atoms with van der Waals surface area (Å²) in [5, 5.41) is 2.77. The van der Waals surface area contributed by atoms with Gasteiger partial charge >= 0.3 is 0 Å². The van der Waals surface area contributed by atoms with Gasteiger partial charge in [0.1, 0.15) is 11.6 Å². The SMILES string of the molecule is Cc1nc2ncc(C(=O)NCc3ccc(F)cc3)cc2[nH]1. The molecule has 2 heterocycles. The van der Waals surface area contributed by atoms with Gasteiger partial charge in [-0.3, -0.25) is 4.79 Å². The molecule has 0 spiro atoms. The number of benzene rings is 1. The maximum absolute atomic E-state index is 12.8. The molecule has 0 aliphatic carbocycles. The summed E-state index contributed by atoms with van der Waals surface area (Å²) >= 11 is 0. The van der Waals surface area contributed by atoms with Gasteiger partial charge in [0.15, 0.2) is 5.65 Å². The van der Waals surface area contributed by atoms with E-state index in [1.165, 1.54) is 18.3 Å². The molecule has 5 nitrogen and oxygen atoms in total. The maximum atomic E-state index is 12.8. The molecule has 0 saturated carbocycles. The average Bonchev–Trinajstić information content (AvgIpc) is 2.85. The maximum Gasteiger partial charge on any atom is 0.253 e. The van der Waals surface area contributed by atoms with Crippen molar-refractivity contribution in [3.63, 3.8) is 0 Å². The molecule has 0 saturated heterocycles. The highest BCUT2D eigenvalue weighted by Crippen LogP contribution is 2.11. The Morgan fingerprint density at radius 2 is 2.10 bits per heavy atom. The smallest absolute Gasteiger partial charge is 0.253 e. The number of nitrogens with zero attached hydrogens (tertiary/aromatic N) is 2. The lowest BCUT2D eigenvalue weighted by molar-refractivity contribution is 0.0950. The van der Waals surface area contributed by atoms with E-state index < -0.39 is 0 Å². The largest absolute Gasteiger partial charge is 0.348 e. The number of fused-ring (bicyclic) bond motifs is 1. The molecule has 0 atom stereocenters. The number of amides is 1. The number of aromatic amines is 1. The second-order valence-corrected chi connectivity index (χ2v) is 4.73. The number of carbonyl (C=O) groups is 1. The van der Waals surface area contributed by atoms with Crippen molar-refractivity contribution in [2.45, 2.75) is 13.5 Å². The van der Waals surface area contributed by atoms with Crippen molar-refractivity contribution < 1.29 is 9.18 Å². The zero-order chi connectivity index (χ0) is 14.8. The van der Waals surface area contributed by atoms with E-state index in [4.69, 9.17) is 0 Å². The van der Waals surface area contributed by atoms with Crippen LogP contribution in [0.4, 0.5) is 4.39 Å². The number of H-pyrrole nitrogens is 1. The lowest BCUT2D eigenvalue weighted by Crippen LogP contribution is -2.22. The van der Waals surface area contributed by atoms with Crippen LogP contribution >= 0.6 is 0 Å². The van der Waals surface area contributed by atoms with Crippen LogP contribution in [0.15, 0.2) is 36.5 Å². The fourth-order valence-corrected chi connectivity index (χ4v) is 2.03. The number of pyridine rings is 1. The number of imidazole rings is 1. The number of nitrogens with one attached hydrogen (secondary N) is 2. The van der Waals surface area contributed by atoms with E-state index in [-0.39, 0.29) is 11.7 Å². The zero-order valence-electron chi connectivity index (χ0n) is 11.4. The minimum absolute atomic E-state index is 0.235. The number of hydrogen-bond donors (Lipinski definition) is 2. The Bertz CT molecular complexity index is 795. The molecule has 3 rings (SSSR count).